The third-order valence-electron chi connectivity index (χ3n) is 7.47. The number of nitrogens with two attached hydrogens (primary N) is 2. The lowest BCUT2D eigenvalue weighted by atomic mass is 9.84. The van der Waals surface area contributed by atoms with Crippen LogP contribution in [0.25, 0.3) is 0 Å². The zero-order valence-corrected chi connectivity index (χ0v) is 23.3. The lowest BCUT2D eigenvalue weighted by Gasteiger charge is -2.31. The molecule has 0 radical (unpaired) electrons. The topological polar surface area (TPSA) is 141 Å². The van der Waals surface area contributed by atoms with Crippen LogP contribution in [0.3, 0.4) is 0 Å². The molecular formula is C28H33N5O4S2. The molecule has 1 aromatic carbocycles. The molecule has 2 unspecified atom stereocenters. The number of carbonyl (C=O) groups excluding carboxylic acids is 3. The lowest BCUT2D eigenvalue weighted by Crippen LogP contribution is -2.45. The van der Waals surface area contributed by atoms with E-state index in [2.05, 4.69) is 9.69 Å². The summed E-state index contributed by atoms with van der Waals surface area (Å²) in [6.45, 7) is 1.04. The molecule has 1 aliphatic heterocycles. The van der Waals surface area contributed by atoms with E-state index in [0.717, 1.165) is 37.2 Å². The Kier molecular flexibility index (Phi) is 8.59. The van der Waals surface area contributed by atoms with Crippen LogP contribution in [-0.2, 0) is 9.53 Å². The summed E-state index contributed by atoms with van der Waals surface area (Å²) in [7, 11) is 0. The monoisotopic (exact) mass is 567 g/mol. The van der Waals surface area contributed by atoms with Crippen molar-refractivity contribution >= 4 is 52.0 Å². The van der Waals surface area contributed by atoms with Crippen LogP contribution in [0.4, 0.5) is 11.4 Å². The minimum atomic E-state index is -0.960. The van der Waals surface area contributed by atoms with Crippen LogP contribution in [0.15, 0.2) is 41.8 Å². The van der Waals surface area contributed by atoms with Crippen LogP contribution in [-0.4, -0.2) is 41.4 Å². The highest BCUT2D eigenvalue weighted by Crippen LogP contribution is 2.37. The molecule has 3 amide bonds. The van der Waals surface area contributed by atoms with Crippen molar-refractivity contribution in [1.82, 2.24) is 9.69 Å². The number of aromatic nitrogens is 1. The summed E-state index contributed by atoms with van der Waals surface area (Å²) in [6, 6.07) is 10.6. The van der Waals surface area contributed by atoms with Crippen molar-refractivity contribution in [2.75, 3.05) is 23.8 Å². The van der Waals surface area contributed by atoms with E-state index in [1.54, 1.807) is 0 Å². The first-order valence-corrected chi connectivity index (χ1v) is 15.0. The van der Waals surface area contributed by atoms with Crippen LogP contribution >= 0.6 is 22.9 Å². The summed E-state index contributed by atoms with van der Waals surface area (Å²) in [4.78, 5) is 42.0. The third-order valence-corrected chi connectivity index (χ3v) is 9.25. The second-order valence-corrected chi connectivity index (χ2v) is 11.8. The predicted octanol–water partition coefficient (Wildman–Crippen LogP) is 4.62. The number of amides is 3. The van der Waals surface area contributed by atoms with E-state index in [4.69, 9.17) is 16.2 Å². The molecule has 206 valence electrons. The van der Waals surface area contributed by atoms with Crippen molar-refractivity contribution < 1.29 is 19.1 Å². The van der Waals surface area contributed by atoms with Gasteiger partial charge in [-0.15, -0.1) is 11.3 Å². The van der Waals surface area contributed by atoms with E-state index in [1.807, 2.05) is 41.8 Å². The molecule has 3 aromatic rings. The smallest absolute Gasteiger partial charge is 0.273 e. The number of thiophene rings is 1. The summed E-state index contributed by atoms with van der Waals surface area (Å²) in [5.74, 6) is -1.16. The molecule has 11 heteroatoms. The average Bonchev–Trinajstić information content (AvgIpc) is 3.73. The first kappa shape index (κ1) is 27.3. The molecular weight excluding hydrogens is 534 g/mol. The minimum Gasteiger partial charge on any atom is -0.395 e. The molecule has 39 heavy (non-hydrogen) atoms. The Morgan fingerprint density at radius 1 is 1.08 bits per heavy atom. The van der Waals surface area contributed by atoms with Gasteiger partial charge in [0.25, 0.3) is 11.8 Å². The number of benzene rings is 1. The molecule has 2 aliphatic rings. The maximum absolute atomic E-state index is 14.2. The summed E-state index contributed by atoms with van der Waals surface area (Å²) < 4.78 is 9.71. The van der Waals surface area contributed by atoms with E-state index in [0.29, 0.717) is 29.6 Å². The number of anilines is 2. The maximum Gasteiger partial charge on any atom is 0.273 e. The number of nitrogens with zero attached hydrogens (tertiary/aromatic N) is 2. The first-order valence-electron chi connectivity index (χ1n) is 13.3. The maximum atomic E-state index is 14.2. The van der Waals surface area contributed by atoms with Crippen LogP contribution in [0.1, 0.15) is 87.5 Å². The Morgan fingerprint density at radius 3 is 2.46 bits per heavy atom. The molecule has 3 heterocycles. The molecule has 5 rings (SSSR count). The largest absolute Gasteiger partial charge is 0.395 e. The lowest BCUT2D eigenvalue weighted by molar-refractivity contribution is -0.122. The number of nitrogen functional groups attached to an aromatic ring is 1. The molecule has 0 bridgehead atoms. The molecule has 2 aromatic heterocycles. The van der Waals surface area contributed by atoms with Crippen LogP contribution < -0.4 is 21.7 Å². The van der Waals surface area contributed by atoms with Crippen molar-refractivity contribution in [3.63, 3.8) is 0 Å². The predicted molar refractivity (Wildman–Crippen MR) is 153 cm³/mol. The van der Waals surface area contributed by atoms with Gasteiger partial charge in [0, 0.05) is 23.7 Å². The Balaban J connectivity index is 1.53. The highest BCUT2D eigenvalue weighted by Gasteiger charge is 2.37. The van der Waals surface area contributed by atoms with Gasteiger partial charge in [0.05, 0.1) is 11.8 Å². The van der Waals surface area contributed by atoms with Gasteiger partial charge < -0.3 is 21.5 Å². The molecule has 2 atom stereocenters. The zero-order chi connectivity index (χ0) is 27.4. The first-order chi connectivity index (χ1) is 18.9. The quantitative estimate of drug-likeness (QED) is 0.345. The van der Waals surface area contributed by atoms with Gasteiger partial charge in [0.1, 0.15) is 4.88 Å². The van der Waals surface area contributed by atoms with Crippen molar-refractivity contribution in [2.45, 2.75) is 63.0 Å². The number of rotatable bonds is 9. The van der Waals surface area contributed by atoms with Crippen molar-refractivity contribution in [3.05, 3.63) is 62.8 Å². The molecule has 9 nitrogen and oxygen atoms in total. The van der Waals surface area contributed by atoms with Crippen LogP contribution in [0.5, 0.6) is 0 Å². The van der Waals surface area contributed by atoms with E-state index >= 15 is 0 Å². The number of ether oxygens (including phenoxy) is 1. The van der Waals surface area contributed by atoms with Gasteiger partial charge in [-0.3, -0.25) is 19.3 Å². The summed E-state index contributed by atoms with van der Waals surface area (Å²) in [5.41, 5.74) is 13.1. The van der Waals surface area contributed by atoms with E-state index < -0.39 is 17.9 Å². The second kappa shape index (κ2) is 12.3. The van der Waals surface area contributed by atoms with Gasteiger partial charge >= 0.3 is 0 Å². The SMILES string of the molecule is NC(=O)c1nsc(C(=O)N(c2ccc(C3CCCCC3)cc2)C(C(=O)NCC2CCCO2)c2cccs2)c1N. The fourth-order valence-corrected chi connectivity index (χ4v) is 6.96. The van der Waals surface area contributed by atoms with E-state index in [1.165, 1.54) is 41.1 Å². The van der Waals surface area contributed by atoms with Crippen LogP contribution in [0, 0.1) is 0 Å². The van der Waals surface area contributed by atoms with Crippen molar-refractivity contribution in [2.24, 2.45) is 5.73 Å². The van der Waals surface area contributed by atoms with E-state index in [9.17, 15) is 14.4 Å². The average molecular weight is 568 g/mol. The van der Waals surface area contributed by atoms with Gasteiger partial charge in [-0.05, 0) is 72.3 Å². The Hall–Kier alpha value is -3.28. The summed E-state index contributed by atoms with van der Waals surface area (Å²) >= 11 is 2.20. The highest BCUT2D eigenvalue weighted by molar-refractivity contribution is 7.10. The molecule has 2 fully saturated rings. The number of nitrogens with one attached hydrogen (secondary N) is 1. The number of primary amides is 1. The molecule has 0 spiro atoms. The number of carbonyl (C=O) groups is 3. The fourth-order valence-electron chi connectivity index (χ4n) is 5.40. The van der Waals surface area contributed by atoms with E-state index in [-0.39, 0.29) is 28.3 Å². The highest BCUT2D eigenvalue weighted by atomic mass is 32.1. The molecule has 1 aliphatic carbocycles. The van der Waals surface area contributed by atoms with Gasteiger partial charge in [-0.25, -0.2) is 0 Å². The van der Waals surface area contributed by atoms with Crippen molar-refractivity contribution in [3.8, 4) is 0 Å². The normalized spacial score (nSPS) is 18.5. The second-order valence-electron chi connectivity index (χ2n) is 10.0. The van der Waals surface area contributed by atoms with Gasteiger partial charge in [0.15, 0.2) is 11.7 Å². The third kappa shape index (κ3) is 6.00. The van der Waals surface area contributed by atoms with Crippen LogP contribution in [0.2, 0.25) is 0 Å². The van der Waals surface area contributed by atoms with Crippen molar-refractivity contribution in [1.29, 1.82) is 0 Å². The van der Waals surface area contributed by atoms with Gasteiger partial charge in [-0.2, -0.15) is 4.37 Å². The number of hydrogen-bond donors (Lipinski definition) is 3. The Bertz CT molecular complexity index is 1300. The van der Waals surface area contributed by atoms with Gasteiger partial charge in [0.2, 0.25) is 5.91 Å². The Labute approximate surface area is 235 Å². The standard InChI is InChI=1S/C28H33N5O4S2/c29-22-23(26(30)34)32-39-25(22)28(36)33(19-12-10-18(11-13-19)17-6-2-1-3-7-17)24(21-9-5-15-38-21)27(35)31-16-20-8-4-14-37-20/h5,9-13,15,17,20,24H,1-4,6-8,14,16,29H2,(H2,30,34)(H,31,35). The molecule has 1 saturated heterocycles. The fraction of sp³-hybridized carbons (Fsp3) is 0.429. The number of hydrogen-bond acceptors (Lipinski definition) is 8. The molecule has 1 saturated carbocycles. The summed E-state index contributed by atoms with van der Waals surface area (Å²) in [6.07, 6.45) is 7.79. The Morgan fingerprint density at radius 2 is 1.85 bits per heavy atom. The molecule has 5 N–H and O–H groups in total. The summed E-state index contributed by atoms with van der Waals surface area (Å²) in [5, 5.41) is 4.87. The minimum absolute atomic E-state index is 0.0490. The zero-order valence-electron chi connectivity index (χ0n) is 21.6. The van der Waals surface area contributed by atoms with Gasteiger partial charge in [-0.1, -0.05) is 37.5 Å².